The SMILES string of the molecule is COc1ccc(C(=O)N(C)Cc2ccc(Cl)c(Cl)c2)cc1. The highest BCUT2D eigenvalue weighted by atomic mass is 35.5. The number of benzene rings is 2. The Morgan fingerprint density at radius 1 is 1.10 bits per heavy atom. The summed E-state index contributed by atoms with van der Waals surface area (Å²) in [6.45, 7) is 0.460. The first kappa shape index (κ1) is 15.7. The summed E-state index contributed by atoms with van der Waals surface area (Å²) >= 11 is 11.9. The maximum Gasteiger partial charge on any atom is 0.253 e. The lowest BCUT2D eigenvalue weighted by atomic mass is 10.1. The Morgan fingerprint density at radius 3 is 2.33 bits per heavy atom. The van der Waals surface area contributed by atoms with Gasteiger partial charge in [0.1, 0.15) is 5.75 Å². The lowest BCUT2D eigenvalue weighted by Gasteiger charge is -2.18. The number of carbonyl (C=O) groups excluding carboxylic acids is 1. The molecule has 0 heterocycles. The van der Waals surface area contributed by atoms with Gasteiger partial charge in [-0.15, -0.1) is 0 Å². The molecule has 2 rings (SSSR count). The van der Waals surface area contributed by atoms with E-state index in [1.54, 1.807) is 55.5 Å². The quantitative estimate of drug-likeness (QED) is 0.840. The van der Waals surface area contributed by atoms with Crippen LogP contribution in [0.3, 0.4) is 0 Å². The van der Waals surface area contributed by atoms with Gasteiger partial charge in [-0.1, -0.05) is 29.3 Å². The fraction of sp³-hybridized carbons (Fsp3) is 0.188. The molecule has 3 nitrogen and oxygen atoms in total. The molecule has 0 spiro atoms. The Morgan fingerprint density at radius 2 is 1.76 bits per heavy atom. The topological polar surface area (TPSA) is 29.5 Å². The van der Waals surface area contributed by atoms with E-state index in [0.717, 1.165) is 11.3 Å². The van der Waals surface area contributed by atoms with Gasteiger partial charge in [-0.3, -0.25) is 4.79 Å². The third kappa shape index (κ3) is 3.90. The van der Waals surface area contributed by atoms with Crippen molar-refractivity contribution in [2.75, 3.05) is 14.2 Å². The number of rotatable bonds is 4. The minimum Gasteiger partial charge on any atom is -0.497 e. The molecule has 0 atom stereocenters. The van der Waals surface area contributed by atoms with Crippen molar-refractivity contribution in [2.45, 2.75) is 6.54 Å². The standard InChI is InChI=1S/C16H15Cl2NO2/c1-19(10-11-3-8-14(17)15(18)9-11)16(20)12-4-6-13(21-2)7-5-12/h3-9H,10H2,1-2H3. The summed E-state index contributed by atoms with van der Waals surface area (Å²) < 4.78 is 5.08. The van der Waals surface area contributed by atoms with Crippen molar-refractivity contribution in [1.82, 2.24) is 4.90 Å². The van der Waals surface area contributed by atoms with Gasteiger partial charge in [0.25, 0.3) is 5.91 Å². The van der Waals surface area contributed by atoms with Gasteiger partial charge < -0.3 is 9.64 Å². The van der Waals surface area contributed by atoms with Crippen LogP contribution < -0.4 is 4.74 Å². The first-order valence-electron chi connectivity index (χ1n) is 6.34. The second kappa shape index (κ2) is 6.83. The van der Waals surface area contributed by atoms with E-state index in [4.69, 9.17) is 27.9 Å². The monoisotopic (exact) mass is 323 g/mol. The average molecular weight is 324 g/mol. The Bertz CT molecular complexity index is 641. The molecule has 2 aromatic rings. The molecule has 0 aliphatic carbocycles. The van der Waals surface area contributed by atoms with Crippen LogP contribution in [0.15, 0.2) is 42.5 Å². The van der Waals surface area contributed by atoms with Gasteiger partial charge in [-0.2, -0.15) is 0 Å². The smallest absolute Gasteiger partial charge is 0.253 e. The summed E-state index contributed by atoms with van der Waals surface area (Å²) in [6, 6.07) is 12.4. The number of halogens is 2. The second-order valence-corrected chi connectivity index (χ2v) is 5.45. The summed E-state index contributed by atoms with van der Waals surface area (Å²) in [6.07, 6.45) is 0. The molecule has 21 heavy (non-hydrogen) atoms. The van der Waals surface area contributed by atoms with E-state index in [1.165, 1.54) is 0 Å². The number of carbonyl (C=O) groups is 1. The van der Waals surface area contributed by atoms with Crippen molar-refractivity contribution in [3.05, 3.63) is 63.6 Å². The van der Waals surface area contributed by atoms with E-state index < -0.39 is 0 Å². The maximum atomic E-state index is 12.3. The number of methoxy groups -OCH3 is 1. The summed E-state index contributed by atoms with van der Waals surface area (Å²) in [4.78, 5) is 14.0. The number of ether oxygens (including phenoxy) is 1. The van der Waals surface area contributed by atoms with E-state index in [2.05, 4.69) is 0 Å². The van der Waals surface area contributed by atoms with Crippen LogP contribution in [-0.4, -0.2) is 25.0 Å². The molecule has 2 aromatic carbocycles. The van der Waals surface area contributed by atoms with Gasteiger partial charge in [0.2, 0.25) is 0 Å². The van der Waals surface area contributed by atoms with Crippen molar-refractivity contribution in [3.63, 3.8) is 0 Å². The molecule has 0 radical (unpaired) electrons. The Hall–Kier alpha value is -1.71. The Balaban J connectivity index is 2.09. The zero-order valence-electron chi connectivity index (χ0n) is 11.8. The van der Waals surface area contributed by atoms with Gasteiger partial charge in [-0.05, 0) is 42.0 Å². The summed E-state index contributed by atoms with van der Waals surface area (Å²) in [5, 5.41) is 0.990. The Labute approximate surface area is 134 Å². The van der Waals surface area contributed by atoms with Gasteiger partial charge in [0.15, 0.2) is 0 Å². The molecule has 0 unspecified atom stereocenters. The van der Waals surface area contributed by atoms with Crippen LogP contribution in [0.1, 0.15) is 15.9 Å². The van der Waals surface area contributed by atoms with Crippen molar-refractivity contribution < 1.29 is 9.53 Å². The zero-order valence-corrected chi connectivity index (χ0v) is 13.3. The maximum absolute atomic E-state index is 12.3. The van der Waals surface area contributed by atoms with Crippen molar-refractivity contribution >= 4 is 29.1 Å². The molecule has 0 N–H and O–H groups in total. The van der Waals surface area contributed by atoms with E-state index in [-0.39, 0.29) is 5.91 Å². The minimum absolute atomic E-state index is 0.0660. The number of amides is 1. The third-order valence-corrected chi connectivity index (χ3v) is 3.83. The molecular weight excluding hydrogens is 309 g/mol. The molecule has 1 amide bonds. The molecule has 0 aromatic heterocycles. The first-order valence-corrected chi connectivity index (χ1v) is 7.10. The fourth-order valence-electron chi connectivity index (χ4n) is 1.94. The van der Waals surface area contributed by atoms with Crippen molar-refractivity contribution in [1.29, 1.82) is 0 Å². The highest BCUT2D eigenvalue weighted by Gasteiger charge is 2.12. The van der Waals surface area contributed by atoms with Crippen molar-refractivity contribution in [3.8, 4) is 5.75 Å². The second-order valence-electron chi connectivity index (χ2n) is 4.64. The molecule has 0 aliphatic rings. The van der Waals surface area contributed by atoms with Gasteiger partial charge in [-0.25, -0.2) is 0 Å². The van der Waals surface area contributed by atoms with Gasteiger partial charge >= 0.3 is 0 Å². The van der Waals surface area contributed by atoms with Gasteiger partial charge in [0.05, 0.1) is 17.2 Å². The predicted molar refractivity (Wildman–Crippen MR) is 85.3 cm³/mol. The van der Waals surface area contributed by atoms with Gasteiger partial charge in [0, 0.05) is 19.2 Å². The zero-order chi connectivity index (χ0) is 15.4. The van der Waals surface area contributed by atoms with E-state index >= 15 is 0 Å². The highest BCUT2D eigenvalue weighted by Crippen LogP contribution is 2.23. The van der Waals surface area contributed by atoms with E-state index in [0.29, 0.717) is 22.2 Å². The molecule has 0 aliphatic heterocycles. The molecule has 0 saturated carbocycles. The molecule has 0 fully saturated rings. The summed E-state index contributed by atoms with van der Waals surface area (Å²) in [7, 11) is 3.34. The largest absolute Gasteiger partial charge is 0.497 e. The summed E-state index contributed by atoms with van der Waals surface area (Å²) in [5.41, 5.74) is 1.53. The van der Waals surface area contributed by atoms with Crippen LogP contribution >= 0.6 is 23.2 Å². The normalized spacial score (nSPS) is 10.3. The van der Waals surface area contributed by atoms with Crippen LogP contribution in [0.25, 0.3) is 0 Å². The minimum atomic E-state index is -0.0660. The molecule has 5 heteroatoms. The first-order chi connectivity index (χ1) is 10.0. The van der Waals surface area contributed by atoms with Crippen LogP contribution in [0, 0.1) is 0 Å². The lowest BCUT2D eigenvalue weighted by Crippen LogP contribution is -2.26. The molecular formula is C16H15Cl2NO2. The fourth-order valence-corrected chi connectivity index (χ4v) is 2.26. The van der Waals surface area contributed by atoms with Crippen LogP contribution in [-0.2, 0) is 6.54 Å². The van der Waals surface area contributed by atoms with Crippen molar-refractivity contribution in [2.24, 2.45) is 0 Å². The predicted octanol–water partition coefficient (Wildman–Crippen LogP) is 4.27. The Kier molecular flexibility index (Phi) is 5.10. The van der Waals surface area contributed by atoms with Crippen LogP contribution in [0.4, 0.5) is 0 Å². The number of hydrogen-bond donors (Lipinski definition) is 0. The molecule has 0 bridgehead atoms. The van der Waals surface area contributed by atoms with E-state index in [9.17, 15) is 4.79 Å². The van der Waals surface area contributed by atoms with Crippen LogP contribution in [0.2, 0.25) is 10.0 Å². The lowest BCUT2D eigenvalue weighted by molar-refractivity contribution is 0.0785. The van der Waals surface area contributed by atoms with Crippen LogP contribution in [0.5, 0.6) is 5.75 Å². The number of nitrogens with zero attached hydrogens (tertiary/aromatic N) is 1. The average Bonchev–Trinajstić information content (AvgIpc) is 2.50. The molecule has 110 valence electrons. The summed E-state index contributed by atoms with van der Waals surface area (Å²) in [5.74, 6) is 0.655. The van der Waals surface area contributed by atoms with E-state index in [1.807, 2.05) is 6.07 Å². The highest BCUT2D eigenvalue weighted by molar-refractivity contribution is 6.42. The third-order valence-electron chi connectivity index (χ3n) is 3.09. The number of hydrogen-bond acceptors (Lipinski definition) is 2. The molecule has 0 saturated heterocycles.